The van der Waals surface area contributed by atoms with Gasteiger partial charge in [-0.3, -0.25) is 4.79 Å². The van der Waals surface area contributed by atoms with Gasteiger partial charge in [-0.1, -0.05) is 0 Å². The highest BCUT2D eigenvalue weighted by atomic mass is 32.2. The van der Waals surface area contributed by atoms with E-state index >= 15 is 0 Å². The summed E-state index contributed by atoms with van der Waals surface area (Å²) < 4.78 is 67.7. The third-order valence-corrected chi connectivity index (χ3v) is 8.26. The molecule has 0 saturated carbocycles. The van der Waals surface area contributed by atoms with Gasteiger partial charge in [0.1, 0.15) is 5.82 Å². The molecular formula is C15H20FNO6S2. The lowest BCUT2D eigenvalue weighted by atomic mass is 10.2. The SMILES string of the molecule is CCOC(=O)CN[C@H]1CS(=O)(=O)C[C@@H]1S(=O)(=O)c1ccc(F)cc1C. The van der Waals surface area contributed by atoms with Crippen LogP contribution < -0.4 is 5.32 Å². The fourth-order valence-corrected chi connectivity index (χ4v) is 7.78. The van der Waals surface area contributed by atoms with Crippen LogP contribution in [0.15, 0.2) is 23.1 Å². The highest BCUT2D eigenvalue weighted by Gasteiger charge is 2.46. The largest absolute Gasteiger partial charge is 0.465 e. The number of carbonyl (C=O) groups is 1. The average molecular weight is 393 g/mol. The van der Waals surface area contributed by atoms with Crippen molar-refractivity contribution >= 4 is 25.6 Å². The number of hydrogen-bond acceptors (Lipinski definition) is 7. The second-order valence-corrected chi connectivity index (χ2v) is 10.2. The second kappa shape index (κ2) is 7.38. The number of esters is 1. The normalized spacial score (nSPS) is 22.7. The molecule has 0 bridgehead atoms. The van der Waals surface area contributed by atoms with E-state index in [1.807, 2.05) is 0 Å². The molecule has 0 aromatic heterocycles. The van der Waals surface area contributed by atoms with Crippen LogP contribution in [0.4, 0.5) is 4.39 Å². The lowest BCUT2D eigenvalue weighted by Crippen LogP contribution is -2.45. The van der Waals surface area contributed by atoms with Gasteiger partial charge in [-0.2, -0.15) is 0 Å². The molecular weight excluding hydrogens is 373 g/mol. The molecule has 0 aliphatic carbocycles. The van der Waals surface area contributed by atoms with E-state index in [9.17, 15) is 26.0 Å². The summed E-state index contributed by atoms with van der Waals surface area (Å²) >= 11 is 0. The van der Waals surface area contributed by atoms with Crippen LogP contribution in [-0.2, 0) is 29.2 Å². The molecule has 2 rings (SSSR count). The smallest absolute Gasteiger partial charge is 0.319 e. The molecule has 1 fully saturated rings. The molecule has 1 aliphatic heterocycles. The van der Waals surface area contributed by atoms with Crippen LogP contribution in [0, 0.1) is 12.7 Å². The minimum Gasteiger partial charge on any atom is -0.465 e. The van der Waals surface area contributed by atoms with Gasteiger partial charge < -0.3 is 10.1 Å². The van der Waals surface area contributed by atoms with E-state index < -0.39 is 54.3 Å². The van der Waals surface area contributed by atoms with Crippen LogP contribution in [0.5, 0.6) is 0 Å². The van der Waals surface area contributed by atoms with Crippen LogP contribution >= 0.6 is 0 Å². The number of nitrogens with one attached hydrogen (secondary N) is 1. The van der Waals surface area contributed by atoms with E-state index in [2.05, 4.69) is 5.32 Å². The summed E-state index contributed by atoms with van der Waals surface area (Å²) in [5.74, 6) is -2.11. The van der Waals surface area contributed by atoms with Crippen molar-refractivity contribution in [2.75, 3.05) is 24.7 Å². The third kappa shape index (κ3) is 4.56. The molecule has 2 atom stereocenters. The number of halogens is 1. The highest BCUT2D eigenvalue weighted by molar-refractivity contribution is 7.96. The van der Waals surface area contributed by atoms with Gasteiger partial charge in [-0.25, -0.2) is 21.2 Å². The second-order valence-electron chi connectivity index (χ2n) is 5.86. The van der Waals surface area contributed by atoms with Crippen molar-refractivity contribution in [2.45, 2.75) is 30.0 Å². The highest BCUT2D eigenvalue weighted by Crippen LogP contribution is 2.28. The van der Waals surface area contributed by atoms with E-state index in [0.717, 1.165) is 18.2 Å². The standard InChI is InChI=1S/C15H20FNO6S2/c1-3-23-15(18)7-17-12-8-24(19,20)9-14(12)25(21,22)13-5-4-11(16)6-10(13)2/h4-6,12,14,17H,3,7-9H2,1-2H3/t12-,14-/m0/s1. The minimum absolute atomic E-state index is 0.112. The number of rotatable bonds is 6. The van der Waals surface area contributed by atoms with E-state index in [4.69, 9.17) is 4.74 Å². The van der Waals surface area contributed by atoms with Crippen molar-refractivity contribution < 1.29 is 30.8 Å². The van der Waals surface area contributed by atoms with Crippen LogP contribution in [-0.4, -0.2) is 58.8 Å². The quantitative estimate of drug-likeness (QED) is 0.544. The average Bonchev–Trinajstić information content (AvgIpc) is 2.81. The van der Waals surface area contributed by atoms with Gasteiger partial charge in [-0.15, -0.1) is 0 Å². The number of sulfone groups is 2. The molecule has 140 valence electrons. The molecule has 1 N–H and O–H groups in total. The van der Waals surface area contributed by atoms with Crippen LogP contribution in [0.3, 0.4) is 0 Å². The summed E-state index contributed by atoms with van der Waals surface area (Å²) in [7, 11) is -7.61. The molecule has 1 aromatic carbocycles. The van der Waals surface area contributed by atoms with Crippen molar-refractivity contribution in [3.8, 4) is 0 Å². The number of aryl methyl sites for hydroxylation is 1. The Hall–Kier alpha value is -1.52. The molecule has 0 unspecified atom stereocenters. The first-order chi connectivity index (χ1) is 11.6. The van der Waals surface area contributed by atoms with Crippen molar-refractivity contribution in [3.63, 3.8) is 0 Å². The Morgan fingerprint density at radius 2 is 2.04 bits per heavy atom. The maximum Gasteiger partial charge on any atom is 0.319 e. The van der Waals surface area contributed by atoms with Crippen LogP contribution in [0.1, 0.15) is 12.5 Å². The Bertz CT molecular complexity index is 866. The Morgan fingerprint density at radius 3 is 2.64 bits per heavy atom. The van der Waals surface area contributed by atoms with Gasteiger partial charge in [0.25, 0.3) is 0 Å². The lowest BCUT2D eigenvalue weighted by Gasteiger charge is -2.20. The Morgan fingerprint density at radius 1 is 1.36 bits per heavy atom. The predicted molar refractivity (Wildman–Crippen MR) is 89.2 cm³/mol. The molecule has 10 heteroatoms. The first kappa shape index (κ1) is 19.8. The van der Waals surface area contributed by atoms with Crippen molar-refractivity contribution in [3.05, 3.63) is 29.6 Å². The molecule has 1 aromatic rings. The van der Waals surface area contributed by atoms with E-state index in [0.29, 0.717) is 0 Å². The lowest BCUT2D eigenvalue weighted by molar-refractivity contribution is -0.142. The fourth-order valence-electron chi connectivity index (χ4n) is 2.83. The van der Waals surface area contributed by atoms with Gasteiger partial charge in [0, 0.05) is 6.04 Å². The number of ether oxygens (including phenoxy) is 1. The zero-order valence-electron chi connectivity index (χ0n) is 13.9. The fraction of sp³-hybridized carbons (Fsp3) is 0.533. The molecule has 0 spiro atoms. The minimum atomic E-state index is -4.03. The maximum absolute atomic E-state index is 13.2. The van der Waals surface area contributed by atoms with Crippen molar-refractivity contribution in [1.29, 1.82) is 0 Å². The number of carbonyl (C=O) groups excluding carboxylic acids is 1. The molecule has 1 heterocycles. The Kier molecular flexibility index (Phi) is 5.85. The predicted octanol–water partition coefficient (Wildman–Crippen LogP) is 0.226. The maximum atomic E-state index is 13.2. The first-order valence-electron chi connectivity index (χ1n) is 7.66. The van der Waals surface area contributed by atoms with E-state index in [1.54, 1.807) is 6.92 Å². The summed E-state index contributed by atoms with van der Waals surface area (Å²) in [6.07, 6.45) is 0. The topological polar surface area (TPSA) is 107 Å². The monoisotopic (exact) mass is 393 g/mol. The zero-order chi connectivity index (χ0) is 18.8. The third-order valence-electron chi connectivity index (χ3n) is 3.96. The van der Waals surface area contributed by atoms with Crippen LogP contribution in [0.25, 0.3) is 0 Å². The van der Waals surface area contributed by atoms with Gasteiger partial charge in [-0.05, 0) is 37.6 Å². The Balaban J connectivity index is 2.31. The summed E-state index contributed by atoms with van der Waals surface area (Å²) in [6, 6.07) is 2.29. The number of benzene rings is 1. The number of hydrogen-bond donors (Lipinski definition) is 1. The zero-order valence-corrected chi connectivity index (χ0v) is 15.5. The molecule has 1 aliphatic rings. The molecule has 0 amide bonds. The van der Waals surface area contributed by atoms with Crippen molar-refractivity contribution in [1.82, 2.24) is 5.32 Å². The van der Waals surface area contributed by atoms with Gasteiger partial charge in [0.2, 0.25) is 0 Å². The molecule has 0 radical (unpaired) electrons. The summed E-state index contributed by atoms with van der Waals surface area (Å²) in [5, 5.41) is 1.42. The van der Waals surface area contributed by atoms with Gasteiger partial charge in [0.15, 0.2) is 19.7 Å². The van der Waals surface area contributed by atoms with E-state index in [-0.39, 0.29) is 23.6 Å². The Labute approximate surface area is 146 Å². The molecule has 7 nitrogen and oxygen atoms in total. The molecule has 1 saturated heterocycles. The van der Waals surface area contributed by atoms with Crippen molar-refractivity contribution in [2.24, 2.45) is 0 Å². The van der Waals surface area contributed by atoms with Crippen LogP contribution in [0.2, 0.25) is 0 Å². The summed E-state index contributed by atoms with van der Waals surface area (Å²) in [6.45, 7) is 2.95. The van der Waals surface area contributed by atoms with E-state index in [1.165, 1.54) is 6.92 Å². The van der Waals surface area contributed by atoms with Gasteiger partial charge in [0.05, 0.1) is 34.8 Å². The van der Waals surface area contributed by atoms with Gasteiger partial charge >= 0.3 is 5.97 Å². The summed E-state index contributed by atoms with van der Waals surface area (Å²) in [4.78, 5) is 11.3. The molecule has 25 heavy (non-hydrogen) atoms. The first-order valence-corrected chi connectivity index (χ1v) is 11.0. The summed E-state index contributed by atoms with van der Waals surface area (Å²) in [5.41, 5.74) is 0.202.